The van der Waals surface area contributed by atoms with Crippen molar-refractivity contribution in [3.8, 4) is 0 Å². The standard InChI is InChI=1S/C10H9NO12S4/c11-10-8(27(21,22)23)3-6(25(15,16)17)5-1-4(24(12,13)14)2-7(9(5)10)26(18,19)20/h1-3H,11H2,(H,12,13,14)(H,15,16,17)(H,18,19,20)(H,21,22,23). The fourth-order valence-electron chi connectivity index (χ4n) is 2.24. The predicted octanol–water partition coefficient (Wildman–Crippen LogP) is -0.591. The molecule has 0 saturated carbocycles. The molecule has 0 fully saturated rings. The van der Waals surface area contributed by atoms with Gasteiger partial charge in [-0.25, -0.2) is 0 Å². The molecule has 13 nitrogen and oxygen atoms in total. The highest BCUT2D eigenvalue weighted by atomic mass is 32.2. The van der Waals surface area contributed by atoms with Gasteiger partial charge in [0.2, 0.25) is 0 Å². The van der Waals surface area contributed by atoms with Gasteiger partial charge >= 0.3 is 0 Å². The molecule has 0 amide bonds. The number of hydrogen-bond donors (Lipinski definition) is 5. The molecule has 0 bridgehead atoms. The van der Waals surface area contributed by atoms with E-state index in [4.69, 9.17) is 14.8 Å². The van der Waals surface area contributed by atoms with Crippen molar-refractivity contribution < 1.29 is 51.9 Å². The van der Waals surface area contributed by atoms with Gasteiger partial charge in [0.25, 0.3) is 40.5 Å². The summed E-state index contributed by atoms with van der Waals surface area (Å²) in [6.45, 7) is 0. The minimum Gasteiger partial charge on any atom is -0.397 e. The van der Waals surface area contributed by atoms with Crippen molar-refractivity contribution in [2.75, 3.05) is 5.73 Å². The van der Waals surface area contributed by atoms with Crippen molar-refractivity contribution in [3.05, 3.63) is 18.2 Å². The summed E-state index contributed by atoms with van der Waals surface area (Å²) < 4.78 is 129. The molecule has 2 rings (SSSR count). The van der Waals surface area contributed by atoms with Crippen molar-refractivity contribution in [3.63, 3.8) is 0 Å². The Morgan fingerprint density at radius 3 is 1.41 bits per heavy atom. The van der Waals surface area contributed by atoms with Gasteiger partial charge in [-0.2, -0.15) is 33.7 Å². The molecule has 17 heteroatoms. The van der Waals surface area contributed by atoms with Gasteiger partial charge in [-0.3, -0.25) is 18.2 Å². The average Bonchev–Trinajstić information content (AvgIpc) is 2.41. The van der Waals surface area contributed by atoms with E-state index >= 15 is 0 Å². The van der Waals surface area contributed by atoms with Crippen LogP contribution in [0.15, 0.2) is 37.8 Å². The quantitative estimate of drug-likeness (QED) is 0.281. The number of rotatable bonds is 4. The Balaban J connectivity index is 3.42. The highest BCUT2D eigenvalue weighted by Crippen LogP contribution is 2.39. The van der Waals surface area contributed by atoms with E-state index in [0.717, 1.165) is 0 Å². The van der Waals surface area contributed by atoms with Crippen LogP contribution >= 0.6 is 0 Å². The highest BCUT2D eigenvalue weighted by molar-refractivity contribution is 7.87. The number of nitrogens with two attached hydrogens (primary N) is 1. The van der Waals surface area contributed by atoms with Gasteiger partial charge in [0.1, 0.15) is 14.7 Å². The summed E-state index contributed by atoms with van der Waals surface area (Å²) in [5, 5.41) is -2.00. The zero-order valence-electron chi connectivity index (χ0n) is 12.5. The molecule has 27 heavy (non-hydrogen) atoms. The third-order valence-electron chi connectivity index (χ3n) is 3.27. The molecule has 0 heterocycles. The van der Waals surface area contributed by atoms with Crippen LogP contribution in [-0.2, 0) is 40.5 Å². The molecule has 6 N–H and O–H groups in total. The molecule has 0 unspecified atom stereocenters. The molecule has 0 aliphatic rings. The van der Waals surface area contributed by atoms with Gasteiger partial charge in [-0.05, 0) is 18.2 Å². The van der Waals surface area contributed by atoms with E-state index in [1.807, 2.05) is 0 Å². The van der Waals surface area contributed by atoms with Crippen LogP contribution in [0, 0.1) is 0 Å². The summed E-state index contributed by atoms with van der Waals surface area (Å²) in [5.74, 6) is 0. The van der Waals surface area contributed by atoms with Crippen LogP contribution in [0.25, 0.3) is 10.8 Å². The van der Waals surface area contributed by atoms with Crippen LogP contribution in [-0.4, -0.2) is 51.9 Å². The molecule has 0 radical (unpaired) electrons. The van der Waals surface area contributed by atoms with Crippen LogP contribution in [0.1, 0.15) is 0 Å². The summed E-state index contributed by atoms with van der Waals surface area (Å²) in [5.41, 5.74) is 4.40. The van der Waals surface area contributed by atoms with Gasteiger partial charge in [-0.1, -0.05) is 0 Å². The van der Waals surface area contributed by atoms with Crippen LogP contribution in [0.4, 0.5) is 5.69 Å². The Hall–Kier alpha value is -1.86. The normalized spacial score (nSPS) is 13.8. The first-order valence-electron chi connectivity index (χ1n) is 6.15. The highest BCUT2D eigenvalue weighted by Gasteiger charge is 2.30. The summed E-state index contributed by atoms with van der Waals surface area (Å²) in [7, 11) is -21.1. The molecular formula is C10H9NO12S4. The maximum Gasteiger partial charge on any atom is 0.296 e. The Labute approximate surface area is 152 Å². The lowest BCUT2D eigenvalue weighted by atomic mass is 10.1. The molecule has 0 spiro atoms. The summed E-state index contributed by atoms with van der Waals surface area (Å²) >= 11 is 0. The number of hydrogen-bond acceptors (Lipinski definition) is 9. The first kappa shape index (κ1) is 21.4. The lowest BCUT2D eigenvalue weighted by molar-refractivity contribution is 0.476. The lowest BCUT2D eigenvalue weighted by Gasteiger charge is -2.14. The van der Waals surface area contributed by atoms with Crippen molar-refractivity contribution >= 4 is 56.9 Å². The summed E-state index contributed by atoms with van der Waals surface area (Å²) in [6.07, 6.45) is 0. The van der Waals surface area contributed by atoms with E-state index in [0.29, 0.717) is 6.07 Å². The smallest absolute Gasteiger partial charge is 0.296 e. The van der Waals surface area contributed by atoms with Gasteiger partial charge in [0.15, 0.2) is 0 Å². The SMILES string of the molecule is Nc1c(S(=O)(=O)O)cc(S(=O)(=O)O)c2cc(S(=O)(=O)O)cc(S(=O)(=O)O)c12. The molecule has 2 aromatic rings. The summed E-state index contributed by atoms with van der Waals surface area (Å²) in [4.78, 5) is -5.33. The van der Waals surface area contributed by atoms with E-state index in [1.54, 1.807) is 0 Å². The average molecular weight is 463 g/mol. The first-order valence-corrected chi connectivity index (χ1v) is 11.9. The lowest BCUT2D eigenvalue weighted by Crippen LogP contribution is -2.12. The van der Waals surface area contributed by atoms with E-state index < -0.39 is 76.5 Å². The van der Waals surface area contributed by atoms with E-state index in [1.165, 1.54) is 0 Å². The Bertz CT molecular complexity index is 1400. The van der Waals surface area contributed by atoms with Gasteiger partial charge in [0.05, 0.1) is 10.6 Å². The fourth-order valence-corrected chi connectivity index (χ4v) is 5.03. The Kier molecular flexibility index (Phi) is 4.82. The summed E-state index contributed by atoms with van der Waals surface area (Å²) in [6, 6.07) is 0.682. The second-order valence-electron chi connectivity index (χ2n) is 5.03. The molecule has 0 aromatic heterocycles. The Morgan fingerprint density at radius 2 is 1.04 bits per heavy atom. The third kappa shape index (κ3) is 4.04. The number of fused-ring (bicyclic) bond motifs is 1. The molecule has 0 atom stereocenters. The van der Waals surface area contributed by atoms with E-state index in [9.17, 15) is 42.8 Å². The predicted molar refractivity (Wildman–Crippen MR) is 87.6 cm³/mol. The second kappa shape index (κ2) is 6.07. The molecule has 0 aliphatic heterocycles. The van der Waals surface area contributed by atoms with Crippen molar-refractivity contribution in [1.29, 1.82) is 0 Å². The van der Waals surface area contributed by atoms with E-state index in [2.05, 4.69) is 0 Å². The largest absolute Gasteiger partial charge is 0.397 e. The number of benzene rings is 2. The monoisotopic (exact) mass is 463 g/mol. The van der Waals surface area contributed by atoms with Gasteiger partial charge in [0, 0.05) is 10.8 Å². The van der Waals surface area contributed by atoms with Crippen molar-refractivity contribution in [2.45, 2.75) is 19.6 Å². The topological polar surface area (TPSA) is 243 Å². The molecule has 0 aliphatic carbocycles. The maximum absolute atomic E-state index is 11.6. The van der Waals surface area contributed by atoms with Crippen LogP contribution in [0.3, 0.4) is 0 Å². The first-order chi connectivity index (χ1) is 11.8. The molecular weight excluding hydrogens is 454 g/mol. The minimum atomic E-state index is -5.37. The van der Waals surface area contributed by atoms with Crippen molar-refractivity contribution in [2.24, 2.45) is 0 Å². The van der Waals surface area contributed by atoms with Crippen molar-refractivity contribution in [1.82, 2.24) is 0 Å². The molecule has 150 valence electrons. The fraction of sp³-hybridized carbons (Fsp3) is 0. The van der Waals surface area contributed by atoms with E-state index in [-0.39, 0.29) is 12.1 Å². The number of nitrogen functional groups attached to an aromatic ring is 1. The Morgan fingerprint density at radius 1 is 0.593 bits per heavy atom. The van der Waals surface area contributed by atoms with Crippen LogP contribution < -0.4 is 5.73 Å². The van der Waals surface area contributed by atoms with Crippen LogP contribution in [0.2, 0.25) is 0 Å². The maximum atomic E-state index is 11.6. The minimum absolute atomic E-state index is 0.143. The third-order valence-corrected chi connectivity index (χ3v) is 6.77. The molecule has 0 saturated heterocycles. The molecule has 2 aromatic carbocycles. The zero-order chi connectivity index (χ0) is 21.2. The van der Waals surface area contributed by atoms with Crippen LogP contribution in [0.5, 0.6) is 0 Å². The zero-order valence-corrected chi connectivity index (χ0v) is 15.8. The van der Waals surface area contributed by atoms with Gasteiger partial charge in [-0.15, -0.1) is 0 Å². The second-order valence-corrected chi connectivity index (χ2v) is 10.6. The van der Waals surface area contributed by atoms with Gasteiger partial charge < -0.3 is 5.73 Å². The number of anilines is 1.